The SMILES string of the molecule is CC1(C)CN(C(=O)C(O)C(O)c2nc3ccccc3s2)C1(C)C. The number of para-hydroxylation sites is 1. The molecule has 1 saturated heterocycles. The predicted molar refractivity (Wildman–Crippen MR) is 90.2 cm³/mol. The predicted octanol–water partition coefficient (Wildman–Crippen LogP) is 2.34. The standard InChI is InChI=1S/C17H22N2O3S/c1-16(2)9-19(17(16,3)4)15(22)13(21)12(20)14-18-10-7-5-6-8-11(10)23-14/h5-8,12-13,20-21H,9H2,1-4H3. The van der Waals surface area contributed by atoms with Crippen molar-refractivity contribution < 1.29 is 15.0 Å². The minimum Gasteiger partial charge on any atom is -0.383 e. The summed E-state index contributed by atoms with van der Waals surface area (Å²) in [5, 5.41) is 21.1. The molecule has 6 heteroatoms. The summed E-state index contributed by atoms with van der Waals surface area (Å²) in [6.45, 7) is 8.71. The van der Waals surface area contributed by atoms with Gasteiger partial charge in [0, 0.05) is 17.5 Å². The molecule has 1 aliphatic rings. The van der Waals surface area contributed by atoms with Crippen LogP contribution < -0.4 is 0 Å². The number of benzene rings is 1. The lowest BCUT2D eigenvalue weighted by Gasteiger charge is -2.61. The first-order valence-corrected chi connectivity index (χ1v) is 8.50. The van der Waals surface area contributed by atoms with E-state index in [9.17, 15) is 15.0 Å². The Labute approximate surface area is 139 Å². The molecule has 2 heterocycles. The third-order valence-corrected chi connectivity index (χ3v) is 6.37. The van der Waals surface area contributed by atoms with E-state index in [4.69, 9.17) is 0 Å². The van der Waals surface area contributed by atoms with Crippen LogP contribution in [0.5, 0.6) is 0 Å². The number of carbonyl (C=O) groups is 1. The number of fused-ring (bicyclic) bond motifs is 1. The molecule has 1 fully saturated rings. The van der Waals surface area contributed by atoms with Gasteiger partial charge in [-0.3, -0.25) is 4.79 Å². The summed E-state index contributed by atoms with van der Waals surface area (Å²) in [5.41, 5.74) is 0.401. The first-order valence-electron chi connectivity index (χ1n) is 7.68. The molecule has 1 aliphatic heterocycles. The summed E-state index contributed by atoms with van der Waals surface area (Å²) >= 11 is 1.30. The number of hydrogen-bond donors (Lipinski definition) is 2. The van der Waals surface area contributed by atoms with E-state index in [2.05, 4.69) is 18.8 Å². The van der Waals surface area contributed by atoms with Crippen LogP contribution in [0.15, 0.2) is 24.3 Å². The molecule has 5 nitrogen and oxygen atoms in total. The molecule has 1 aromatic carbocycles. The fourth-order valence-electron chi connectivity index (χ4n) is 2.86. The number of likely N-dealkylation sites (tertiary alicyclic amines) is 1. The third kappa shape index (κ3) is 2.45. The Morgan fingerprint density at radius 3 is 2.48 bits per heavy atom. The lowest BCUT2D eigenvalue weighted by Crippen LogP contribution is -2.72. The Bertz CT molecular complexity index is 720. The second kappa shape index (κ2) is 5.26. The molecule has 124 valence electrons. The number of aliphatic hydroxyl groups is 2. The van der Waals surface area contributed by atoms with E-state index in [0.29, 0.717) is 11.6 Å². The Balaban J connectivity index is 1.80. The van der Waals surface area contributed by atoms with E-state index in [1.165, 1.54) is 11.3 Å². The van der Waals surface area contributed by atoms with Crippen molar-refractivity contribution in [3.05, 3.63) is 29.3 Å². The number of aromatic nitrogens is 1. The van der Waals surface area contributed by atoms with Crippen LogP contribution >= 0.6 is 11.3 Å². The molecule has 1 aromatic heterocycles. The van der Waals surface area contributed by atoms with Gasteiger partial charge in [0.2, 0.25) is 0 Å². The van der Waals surface area contributed by atoms with Crippen LogP contribution in [0, 0.1) is 5.41 Å². The molecule has 0 saturated carbocycles. The second-order valence-corrected chi connectivity index (χ2v) is 8.34. The zero-order chi connectivity index (χ0) is 17.0. The van der Waals surface area contributed by atoms with E-state index in [-0.39, 0.29) is 11.0 Å². The summed E-state index contributed by atoms with van der Waals surface area (Å²) in [4.78, 5) is 18.5. The molecule has 3 rings (SSSR count). The Morgan fingerprint density at radius 1 is 1.26 bits per heavy atom. The van der Waals surface area contributed by atoms with Crippen molar-refractivity contribution in [1.82, 2.24) is 9.88 Å². The molecule has 2 N–H and O–H groups in total. The molecule has 0 radical (unpaired) electrons. The highest BCUT2D eigenvalue weighted by Crippen LogP contribution is 2.47. The van der Waals surface area contributed by atoms with E-state index >= 15 is 0 Å². The minimum atomic E-state index is -1.49. The zero-order valence-corrected chi connectivity index (χ0v) is 14.6. The highest BCUT2D eigenvalue weighted by molar-refractivity contribution is 7.18. The minimum absolute atomic E-state index is 0.0107. The van der Waals surface area contributed by atoms with E-state index in [0.717, 1.165) is 10.2 Å². The largest absolute Gasteiger partial charge is 0.383 e. The van der Waals surface area contributed by atoms with Crippen molar-refractivity contribution in [1.29, 1.82) is 0 Å². The van der Waals surface area contributed by atoms with Crippen LogP contribution in [-0.2, 0) is 4.79 Å². The molecule has 2 aromatic rings. The summed E-state index contributed by atoms with van der Waals surface area (Å²) in [7, 11) is 0. The van der Waals surface area contributed by atoms with Crippen molar-refractivity contribution in [2.45, 2.75) is 45.4 Å². The number of hydrogen-bond acceptors (Lipinski definition) is 5. The average Bonchev–Trinajstić information content (AvgIpc) is 2.94. The van der Waals surface area contributed by atoms with Crippen LogP contribution in [0.3, 0.4) is 0 Å². The number of rotatable bonds is 3. The Hall–Kier alpha value is -1.50. The van der Waals surface area contributed by atoms with Crippen molar-refractivity contribution in [2.75, 3.05) is 6.54 Å². The quantitative estimate of drug-likeness (QED) is 0.903. The van der Waals surface area contributed by atoms with Crippen molar-refractivity contribution in [3.63, 3.8) is 0 Å². The van der Waals surface area contributed by atoms with Gasteiger partial charge in [-0.15, -0.1) is 11.3 Å². The fraction of sp³-hybridized carbons (Fsp3) is 0.529. The highest BCUT2D eigenvalue weighted by Gasteiger charge is 2.56. The number of amides is 1. The first-order chi connectivity index (χ1) is 10.6. The molecule has 0 aliphatic carbocycles. The summed E-state index contributed by atoms with van der Waals surface area (Å²) < 4.78 is 0.923. The average molecular weight is 334 g/mol. The maximum Gasteiger partial charge on any atom is 0.255 e. The normalized spacial score (nSPS) is 21.7. The monoisotopic (exact) mass is 334 g/mol. The van der Waals surface area contributed by atoms with Crippen LogP contribution in [0.4, 0.5) is 0 Å². The van der Waals surface area contributed by atoms with Crippen molar-refractivity contribution in [2.24, 2.45) is 5.41 Å². The molecule has 23 heavy (non-hydrogen) atoms. The van der Waals surface area contributed by atoms with Crippen LogP contribution in [0.25, 0.3) is 10.2 Å². The molecule has 2 unspecified atom stereocenters. The molecule has 1 amide bonds. The summed E-state index contributed by atoms with van der Waals surface area (Å²) in [5.74, 6) is -0.443. The van der Waals surface area contributed by atoms with E-state index < -0.39 is 18.1 Å². The van der Waals surface area contributed by atoms with Gasteiger partial charge in [-0.1, -0.05) is 26.0 Å². The van der Waals surface area contributed by atoms with Gasteiger partial charge in [-0.2, -0.15) is 0 Å². The maximum atomic E-state index is 12.6. The van der Waals surface area contributed by atoms with Crippen LogP contribution in [0.2, 0.25) is 0 Å². The van der Waals surface area contributed by atoms with E-state index in [1.54, 1.807) is 4.90 Å². The van der Waals surface area contributed by atoms with Gasteiger partial charge >= 0.3 is 0 Å². The summed E-state index contributed by atoms with van der Waals surface area (Å²) in [6, 6.07) is 7.50. The maximum absolute atomic E-state index is 12.6. The highest BCUT2D eigenvalue weighted by atomic mass is 32.1. The summed E-state index contributed by atoms with van der Waals surface area (Å²) in [6.07, 6.45) is -2.80. The van der Waals surface area contributed by atoms with Gasteiger partial charge in [0.1, 0.15) is 11.1 Å². The van der Waals surface area contributed by atoms with Gasteiger partial charge < -0.3 is 15.1 Å². The molecule has 2 atom stereocenters. The number of carbonyl (C=O) groups excluding carboxylic acids is 1. The lowest BCUT2D eigenvalue weighted by molar-refractivity contribution is -0.181. The van der Waals surface area contributed by atoms with Gasteiger partial charge in [-0.25, -0.2) is 4.98 Å². The van der Waals surface area contributed by atoms with Gasteiger partial charge in [-0.05, 0) is 26.0 Å². The zero-order valence-electron chi connectivity index (χ0n) is 13.8. The third-order valence-electron chi connectivity index (χ3n) is 5.27. The molecule has 0 spiro atoms. The number of aliphatic hydroxyl groups excluding tert-OH is 2. The van der Waals surface area contributed by atoms with Crippen molar-refractivity contribution >= 4 is 27.5 Å². The Morgan fingerprint density at radius 2 is 1.91 bits per heavy atom. The first kappa shape index (κ1) is 16.4. The Kier molecular flexibility index (Phi) is 3.74. The van der Waals surface area contributed by atoms with Crippen LogP contribution in [-0.4, -0.2) is 44.2 Å². The molecular formula is C17H22N2O3S. The van der Waals surface area contributed by atoms with Crippen LogP contribution in [0.1, 0.15) is 38.8 Å². The smallest absolute Gasteiger partial charge is 0.255 e. The van der Waals surface area contributed by atoms with Gasteiger partial charge in [0.25, 0.3) is 5.91 Å². The van der Waals surface area contributed by atoms with Gasteiger partial charge in [0.05, 0.1) is 10.2 Å². The lowest BCUT2D eigenvalue weighted by atomic mass is 9.65. The van der Waals surface area contributed by atoms with Crippen molar-refractivity contribution in [3.8, 4) is 0 Å². The molecule has 0 bridgehead atoms. The topological polar surface area (TPSA) is 73.7 Å². The molecular weight excluding hydrogens is 312 g/mol. The fourth-order valence-corrected chi connectivity index (χ4v) is 3.84. The number of nitrogens with zero attached hydrogens (tertiary/aromatic N) is 2. The van der Waals surface area contributed by atoms with Gasteiger partial charge in [0.15, 0.2) is 6.10 Å². The number of thiazole rings is 1. The second-order valence-electron chi connectivity index (χ2n) is 7.28. The van der Waals surface area contributed by atoms with E-state index in [1.807, 2.05) is 38.1 Å².